The number of carboxylic acids is 2. The average Bonchev–Trinajstić information content (AvgIpc) is 3.19. The summed E-state index contributed by atoms with van der Waals surface area (Å²) in [6, 6.07) is -1.76. The van der Waals surface area contributed by atoms with E-state index in [4.69, 9.17) is 27.0 Å². The molecule has 2 heterocycles. The SMILES string of the molecule is [2H]OP(=O)(O)OC[C@H]1OC(n2cnc(C(=O)N[C@@H](CC(=O)O)C(=O)O)c2N)[C@H](O)[C@@H]1O. The van der Waals surface area contributed by atoms with Crippen LogP contribution < -0.4 is 11.1 Å². The molecule has 2 rings (SSSR count). The van der Waals surface area contributed by atoms with Crippen molar-refractivity contribution in [3.63, 3.8) is 0 Å². The number of nitrogens with two attached hydrogens (primary N) is 1. The van der Waals surface area contributed by atoms with Crippen LogP contribution in [-0.4, -0.2) is 90.0 Å². The third kappa shape index (κ3) is 5.51. The molecule has 0 radical (unpaired) electrons. The highest BCUT2D eigenvalue weighted by Gasteiger charge is 2.45. The third-order valence-corrected chi connectivity index (χ3v) is 4.52. The highest BCUT2D eigenvalue weighted by molar-refractivity contribution is 7.46. The van der Waals surface area contributed by atoms with Crippen LogP contribution in [0.5, 0.6) is 0 Å². The van der Waals surface area contributed by atoms with Gasteiger partial charge in [-0.15, -0.1) is 0 Å². The van der Waals surface area contributed by atoms with Gasteiger partial charge in [-0.25, -0.2) is 14.3 Å². The van der Waals surface area contributed by atoms with Crippen molar-refractivity contribution in [1.82, 2.24) is 14.9 Å². The number of carbonyl (C=O) groups excluding carboxylic acids is 1. The fourth-order valence-electron chi connectivity index (χ4n) is 2.61. The molecule has 0 spiro atoms. The minimum absolute atomic E-state index is 0.419. The number of hydrogen-bond donors (Lipinski definition) is 8. The predicted octanol–water partition coefficient (Wildman–Crippen LogP) is -3.15. The van der Waals surface area contributed by atoms with Crippen LogP contribution >= 0.6 is 7.82 Å². The minimum atomic E-state index is -4.71. The van der Waals surface area contributed by atoms with Gasteiger partial charge in [-0.3, -0.25) is 18.7 Å². The van der Waals surface area contributed by atoms with Gasteiger partial charge in [-0.2, -0.15) is 0 Å². The fraction of sp³-hybridized carbons (Fsp3) is 0.538. The first kappa shape index (κ1) is 22.1. The molecule has 1 aliphatic rings. The number of aliphatic carboxylic acids is 2. The van der Waals surface area contributed by atoms with E-state index >= 15 is 0 Å². The molecule has 2 unspecified atom stereocenters. The quantitative estimate of drug-likeness (QED) is 0.162. The summed E-state index contributed by atoms with van der Waals surface area (Å²) in [5.74, 6) is -4.62. The lowest BCUT2D eigenvalue weighted by atomic mass is 10.1. The summed E-state index contributed by atoms with van der Waals surface area (Å²) in [6.45, 7) is -0.751. The second kappa shape index (κ2) is 9.05. The van der Waals surface area contributed by atoms with Gasteiger partial charge in [0.1, 0.15) is 30.2 Å². The van der Waals surface area contributed by atoms with Crippen LogP contribution in [0.1, 0.15) is 23.1 Å². The van der Waals surface area contributed by atoms with Gasteiger partial charge < -0.3 is 46.0 Å². The molecule has 0 bridgehead atoms. The molecule has 30 heavy (non-hydrogen) atoms. The van der Waals surface area contributed by atoms with E-state index in [9.17, 15) is 29.2 Å². The van der Waals surface area contributed by atoms with Crippen molar-refractivity contribution in [1.29, 1.82) is 1.43 Å². The molecule has 1 aromatic heterocycles. The van der Waals surface area contributed by atoms with Gasteiger partial charge in [-0.05, 0) is 0 Å². The monoisotopic (exact) mass is 455 g/mol. The molecule has 17 heteroatoms. The number of imidazole rings is 1. The predicted molar refractivity (Wildman–Crippen MR) is 91.7 cm³/mol. The Bertz CT molecular complexity index is 896. The molecule has 0 aliphatic carbocycles. The number of phosphoric ester groups is 1. The highest BCUT2D eigenvalue weighted by atomic mass is 31.2. The van der Waals surface area contributed by atoms with Crippen molar-refractivity contribution in [3.8, 4) is 0 Å². The number of nitrogens with one attached hydrogen (secondary N) is 1. The zero-order valence-corrected chi connectivity index (χ0v) is 15.8. The van der Waals surface area contributed by atoms with E-state index in [0.29, 0.717) is 0 Å². The molecule has 9 N–H and O–H groups in total. The van der Waals surface area contributed by atoms with Crippen LogP contribution in [-0.2, 0) is 23.4 Å². The molecule has 1 aliphatic heterocycles. The maximum absolute atomic E-state index is 12.3. The maximum Gasteiger partial charge on any atom is 0.469 e. The van der Waals surface area contributed by atoms with Crippen molar-refractivity contribution in [3.05, 3.63) is 12.0 Å². The number of hydrogen-bond acceptors (Lipinski definition) is 11. The smallest absolute Gasteiger partial charge is 0.469 e. The lowest BCUT2D eigenvalue weighted by Crippen LogP contribution is -2.42. The second-order valence-electron chi connectivity index (χ2n) is 6.16. The third-order valence-electron chi connectivity index (χ3n) is 4.04. The first-order chi connectivity index (χ1) is 14.4. The number of aromatic nitrogens is 2. The molecule has 6 atom stereocenters. The Morgan fingerprint density at radius 2 is 2.07 bits per heavy atom. The standard InChI is InChI=1S/C13H19N4O12P/c14-10-7(11(22)16-4(13(23)24)1-6(18)19)15-3-17(10)12-9(21)8(20)5(29-12)2-28-30(25,26)27/h3-5,8-9,12,20-21H,1-2,14H2,(H,16,22)(H,18,19)(H,23,24)(H2,25,26,27)/t4-,5+,8+,9+,12?/m0/s1/i/hD. The number of carboxylic acid groups (broad SMARTS) is 2. The van der Waals surface area contributed by atoms with E-state index in [1.54, 1.807) is 0 Å². The topological polar surface area (TPSA) is 264 Å². The van der Waals surface area contributed by atoms with Crippen LogP contribution in [0.4, 0.5) is 5.82 Å². The van der Waals surface area contributed by atoms with E-state index in [1.807, 2.05) is 5.32 Å². The van der Waals surface area contributed by atoms with Gasteiger partial charge in [0.25, 0.3) is 5.91 Å². The van der Waals surface area contributed by atoms with Crippen LogP contribution in [0, 0.1) is 0 Å². The van der Waals surface area contributed by atoms with Crippen LogP contribution in [0.3, 0.4) is 0 Å². The molecular formula is C13H19N4O12P. The van der Waals surface area contributed by atoms with Crippen molar-refractivity contribution >= 4 is 31.5 Å². The minimum Gasteiger partial charge on any atom is -0.481 e. The van der Waals surface area contributed by atoms with E-state index < -0.39 is 80.8 Å². The number of nitrogen functional groups attached to an aromatic ring is 1. The van der Waals surface area contributed by atoms with Crippen LogP contribution in [0.25, 0.3) is 0 Å². The molecule has 1 aromatic rings. The van der Waals surface area contributed by atoms with Gasteiger partial charge in [0.2, 0.25) is 1.43 Å². The number of aliphatic hydroxyl groups excluding tert-OH is 2. The molecule has 1 amide bonds. The van der Waals surface area contributed by atoms with Crippen LogP contribution in [0.2, 0.25) is 0 Å². The Kier molecular flexibility index (Phi) is 6.67. The number of phosphoric acid groups is 1. The highest BCUT2D eigenvalue weighted by Crippen LogP contribution is 2.38. The molecule has 0 aromatic carbocycles. The molecule has 0 saturated carbocycles. The average molecular weight is 455 g/mol. The number of aliphatic hydroxyl groups is 2. The van der Waals surface area contributed by atoms with Crippen LogP contribution in [0.15, 0.2) is 6.33 Å². The summed E-state index contributed by atoms with van der Waals surface area (Å²) < 4.78 is 28.2. The number of anilines is 1. The molecular weight excluding hydrogens is 435 g/mol. The summed E-state index contributed by atoms with van der Waals surface area (Å²) in [5.41, 5.74) is 5.29. The first-order valence-corrected chi connectivity index (χ1v) is 9.59. The zero-order valence-electron chi connectivity index (χ0n) is 15.9. The fourth-order valence-corrected chi connectivity index (χ4v) is 2.95. The molecule has 1 saturated heterocycles. The number of nitrogens with zero attached hydrogens (tertiary/aromatic N) is 2. The van der Waals surface area contributed by atoms with Crippen molar-refractivity contribution in [2.24, 2.45) is 0 Å². The van der Waals surface area contributed by atoms with Gasteiger partial charge in [0.05, 0.1) is 19.4 Å². The van der Waals surface area contributed by atoms with Gasteiger partial charge in [0, 0.05) is 0 Å². The summed E-state index contributed by atoms with van der Waals surface area (Å²) in [4.78, 5) is 50.3. The second-order valence-corrected chi connectivity index (χ2v) is 7.35. The number of ether oxygens (including phenoxy) is 1. The Morgan fingerprint density at radius 1 is 1.40 bits per heavy atom. The first-order valence-electron chi connectivity index (χ1n) is 8.50. The Morgan fingerprint density at radius 3 is 2.63 bits per heavy atom. The summed E-state index contributed by atoms with van der Waals surface area (Å²) >= 11 is 0. The van der Waals surface area contributed by atoms with E-state index in [2.05, 4.69) is 14.4 Å². The number of carbonyl (C=O) groups is 3. The summed E-state index contributed by atoms with van der Waals surface area (Å²) in [5, 5.41) is 39.9. The zero-order chi connectivity index (χ0) is 23.5. The molecule has 1 fully saturated rings. The Balaban J connectivity index is 2.15. The lowest BCUT2D eigenvalue weighted by Gasteiger charge is -2.18. The van der Waals surface area contributed by atoms with E-state index in [-0.39, 0.29) is 0 Å². The lowest BCUT2D eigenvalue weighted by molar-refractivity contribution is -0.145. The van der Waals surface area contributed by atoms with E-state index in [0.717, 1.165) is 10.9 Å². The Hall–Kier alpha value is -2.59. The van der Waals surface area contributed by atoms with Crippen molar-refractivity contribution in [2.45, 2.75) is 37.0 Å². The van der Waals surface area contributed by atoms with Gasteiger partial charge >= 0.3 is 19.8 Å². The summed E-state index contributed by atoms with van der Waals surface area (Å²) in [7, 11) is -4.71. The summed E-state index contributed by atoms with van der Waals surface area (Å²) in [6.07, 6.45) is -6.05. The largest absolute Gasteiger partial charge is 0.481 e. The van der Waals surface area contributed by atoms with Crippen molar-refractivity contribution < 1.29 is 58.4 Å². The van der Waals surface area contributed by atoms with E-state index in [1.165, 1.54) is 0 Å². The number of amides is 1. The molecule has 16 nitrogen and oxygen atoms in total. The van der Waals surface area contributed by atoms with Gasteiger partial charge in [-0.1, -0.05) is 0 Å². The maximum atomic E-state index is 12.3. The Labute approximate surface area is 168 Å². The molecule has 168 valence electrons. The van der Waals surface area contributed by atoms with Gasteiger partial charge in [0.15, 0.2) is 11.9 Å². The number of rotatable bonds is 10. The van der Waals surface area contributed by atoms with Crippen molar-refractivity contribution in [2.75, 3.05) is 12.3 Å². The normalized spacial score (nSPS) is 27.1.